The summed E-state index contributed by atoms with van der Waals surface area (Å²) in [6.07, 6.45) is 2.95. The Morgan fingerprint density at radius 2 is 2.00 bits per heavy atom. The fourth-order valence-corrected chi connectivity index (χ4v) is 4.17. The third-order valence-electron chi connectivity index (χ3n) is 5.41. The van der Waals surface area contributed by atoms with Crippen molar-refractivity contribution < 1.29 is 14.3 Å². The average molecular weight is 385 g/mol. The molecule has 1 aliphatic heterocycles. The van der Waals surface area contributed by atoms with Crippen molar-refractivity contribution in [1.29, 1.82) is 0 Å². The van der Waals surface area contributed by atoms with E-state index in [4.69, 9.17) is 16.3 Å². The number of nitrogens with one attached hydrogen (secondary N) is 1. The standard InChI is InChI=1S/C21H21ClN2O3/c1-27-21(26)14-7-5-13(6-8-14)12-24-19-11-15(22)9-10-18(19)23-17-4-2-3-16(17)20(24)25/h5-11,16-17,23H,2-4,12H2,1H3/t16-,17+/m0/s1. The normalized spacial score (nSPS) is 21.1. The molecule has 0 bridgehead atoms. The summed E-state index contributed by atoms with van der Waals surface area (Å²) >= 11 is 6.22. The van der Waals surface area contributed by atoms with Crippen molar-refractivity contribution in [3.05, 3.63) is 58.6 Å². The number of anilines is 2. The van der Waals surface area contributed by atoms with E-state index in [9.17, 15) is 9.59 Å². The molecule has 0 radical (unpaired) electrons. The molecule has 0 saturated heterocycles. The molecule has 140 valence electrons. The predicted octanol–water partition coefficient (Wildman–Crippen LogP) is 4.25. The molecule has 1 aliphatic carbocycles. The fourth-order valence-electron chi connectivity index (χ4n) is 4.01. The number of benzene rings is 2. The second-order valence-corrected chi connectivity index (χ2v) is 7.50. The Balaban J connectivity index is 1.68. The molecule has 5 nitrogen and oxygen atoms in total. The van der Waals surface area contributed by atoms with Crippen LogP contribution in [-0.2, 0) is 16.1 Å². The van der Waals surface area contributed by atoms with Crippen molar-refractivity contribution in [1.82, 2.24) is 0 Å². The Labute approximate surface area is 163 Å². The van der Waals surface area contributed by atoms with Crippen LogP contribution < -0.4 is 10.2 Å². The molecule has 1 amide bonds. The van der Waals surface area contributed by atoms with Crippen molar-refractivity contribution >= 4 is 34.9 Å². The molecule has 1 heterocycles. The third kappa shape index (κ3) is 3.39. The second-order valence-electron chi connectivity index (χ2n) is 7.06. The number of nitrogens with zero attached hydrogens (tertiary/aromatic N) is 1. The van der Waals surface area contributed by atoms with Crippen LogP contribution in [0.25, 0.3) is 0 Å². The molecule has 1 saturated carbocycles. The van der Waals surface area contributed by atoms with E-state index >= 15 is 0 Å². The lowest BCUT2D eigenvalue weighted by molar-refractivity contribution is -0.122. The molecule has 0 unspecified atom stereocenters. The van der Waals surface area contributed by atoms with Crippen molar-refractivity contribution in [2.75, 3.05) is 17.3 Å². The third-order valence-corrected chi connectivity index (χ3v) is 5.64. The van der Waals surface area contributed by atoms with Crippen LogP contribution in [0, 0.1) is 5.92 Å². The van der Waals surface area contributed by atoms with E-state index in [0.29, 0.717) is 17.1 Å². The summed E-state index contributed by atoms with van der Waals surface area (Å²) in [6.45, 7) is 0.429. The van der Waals surface area contributed by atoms with Gasteiger partial charge in [-0.1, -0.05) is 30.2 Å². The number of esters is 1. The number of fused-ring (bicyclic) bond motifs is 2. The highest BCUT2D eigenvalue weighted by Crippen LogP contribution is 2.40. The summed E-state index contributed by atoms with van der Waals surface area (Å²) in [7, 11) is 1.36. The molecule has 2 aromatic rings. The number of ether oxygens (including phenoxy) is 1. The Hall–Kier alpha value is -2.53. The van der Waals surface area contributed by atoms with Gasteiger partial charge in [-0.25, -0.2) is 4.79 Å². The smallest absolute Gasteiger partial charge is 0.337 e. The second kappa shape index (κ2) is 7.24. The van der Waals surface area contributed by atoms with E-state index in [1.54, 1.807) is 12.1 Å². The van der Waals surface area contributed by atoms with Crippen molar-refractivity contribution in [3.63, 3.8) is 0 Å². The van der Waals surface area contributed by atoms with E-state index in [1.165, 1.54) is 7.11 Å². The summed E-state index contributed by atoms with van der Waals surface area (Å²) in [5, 5.41) is 4.14. The minimum Gasteiger partial charge on any atom is -0.465 e. The van der Waals surface area contributed by atoms with Crippen LogP contribution >= 0.6 is 11.6 Å². The molecule has 4 rings (SSSR count). The number of halogens is 1. The summed E-state index contributed by atoms with van der Waals surface area (Å²) in [5.74, 6) is -0.267. The zero-order chi connectivity index (χ0) is 19.0. The summed E-state index contributed by atoms with van der Waals surface area (Å²) in [4.78, 5) is 26.7. The van der Waals surface area contributed by atoms with Crippen molar-refractivity contribution in [2.24, 2.45) is 5.92 Å². The Bertz CT molecular complexity index is 881. The number of rotatable bonds is 3. The topological polar surface area (TPSA) is 58.6 Å². The largest absolute Gasteiger partial charge is 0.465 e. The Kier molecular flexibility index (Phi) is 4.79. The minimum atomic E-state index is -0.373. The van der Waals surface area contributed by atoms with Gasteiger partial charge in [0.2, 0.25) is 5.91 Å². The lowest BCUT2D eigenvalue weighted by Gasteiger charge is -2.25. The van der Waals surface area contributed by atoms with Gasteiger partial charge >= 0.3 is 5.97 Å². The number of methoxy groups -OCH3 is 1. The van der Waals surface area contributed by atoms with Crippen LogP contribution in [0.1, 0.15) is 35.2 Å². The van der Waals surface area contributed by atoms with E-state index in [1.807, 2.05) is 35.2 Å². The van der Waals surface area contributed by atoms with Gasteiger partial charge in [-0.2, -0.15) is 0 Å². The lowest BCUT2D eigenvalue weighted by Crippen LogP contribution is -2.38. The van der Waals surface area contributed by atoms with Crippen LogP contribution in [0.15, 0.2) is 42.5 Å². The first kappa shape index (κ1) is 17.9. The van der Waals surface area contributed by atoms with E-state index < -0.39 is 0 Å². The van der Waals surface area contributed by atoms with Crippen LogP contribution in [0.4, 0.5) is 11.4 Å². The van der Waals surface area contributed by atoms with E-state index in [0.717, 1.165) is 36.2 Å². The highest BCUT2D eigenvalue weighted by molar-refractivity contribution is 6.31. The number of hydrogen-bond acceptors (Lipinski definition) is 4. The SMILES string of the molecule is COC(=O)c1ccc(CN2C(=O)[C@H]3CCC[C@H]3Nc3ccc(Cl)cc32)cc1. The molecule has 6 heteroatoms. The quantitative estimate of drug-likeness (QED) is 0.803. The maximum Gasteiger partial charge on any atom is 0.337 e. The lowest BCUT2D eigenvalue weighted by atomic mass is 10.0. The fraction of sp³-hybridized carbons (Fsp3) is 0.333. The summed E-state index contributed by atoms with van der Waals surface area (Å²) in [5.41, 5.74) is 3.18. The molecule has 1 fully saturated rings. The molecule has 2 aromatic carbocycles. The maximum absolute atomic E-state index is 13.3. The van der Waals surface area contributed by atoms with Gasteiger partial charge in [0.1, 0.15) is 0 Å². The monoisotopic (exact) mass is 384 g/mol. The highest BCUT2D eigenvalue weighted by Gasteiger charge is 2.39. The highest BCUT2D eigenvalue weighted by atomic mass is 35.5. The Morgan fingerprint density at radius 1 is 1.22 bits per heavy atom. The zero-order valence-corrected chi connectivity index (χ0v) is 15.8. The molecule has 2 aliphatic rings. The molecule has 2 atom stereocenters. The first-order chi connectivity index (χ1) is 13.1. The van der Waals surface area contributed by atoms with Gasteiger partial charge in [-0.15, -0.1) is 0 Å². The van der Waals surface area contributed by atoms with Crippen LogP contribution in [0.3, 0.4) is 0 Å². The predicted molar refractivity (Wildman–Crippen MR) is 105 cm³/mol. The first-order valence-corrected chi connectivity index (χ1v) is 9.49. The van der Waals surface area contributed by atoms with Gasteiger partial charge in [-0.3, -0.25) is 4.79 Å². The summed E-state index contributed by atoms with van der Waals surface area (Å²) < 4.78 is 4.74. The van der Waals surface area contributed by atoms with E-state index in [2.05, 4.69) is 5.32 Å². The molecule has 0 spiro atoms. The van der Waals surface area contributed by atoms with Crippen LogP contribution in [-0.4, -0.2) is 25.0 Å². The van der Waals surface area contributed by atoms with Crippen LogP contribution in [0.2, 0.25) is 5.02 Å². The first-order valence-electron chi connectivity index (χ1n) is 9.11. The average Bonchev–Trinajstić information content (AvgIpc) is 3.11. The molecule has 0 aromatic heterocycles. The van der Waals surface area contributed by atoms with Crippen LogP contribution in [0.5, 0.6) is 0 Å². The van der Waals surface area contributed by atoms with Gasteiger partial charge in [0.05, 0.1) is 36.5 Å². The van der Waals surface area contributed by atoms with Gasteiger partial charge in [0.25, 0.3) is 0 Å². The zero-order valence-electron chi connectivity index (χ0n) is 15.1. The molecule has 27 heavy (non-hydrogen) atoms. The van der Waals surface area contributed by atoms with Gasteiger partial charge < -0.3 is 15.0 Å². The number of hydrogen-bond donors (Lipinski definition) is 1. The van der Waals surface area contributed by atoms with E-state index in [-0.39, 0.29) is 23.8 Å². The van der Waals surface area contributed by atoms with Gasteiger partial charge in [-0.05, 0) is 48.7 Å². The maximum atomic E-state index is 13.3. The minimum absolute atomic E-state index is 0.0227. The Morgan fingerprint density at radius 3 is 2.74 bits per heavy atom. The summed E-state index contributed by atoms with van der Waals surface area (Å²) in [6, 6.07) is 12.9. The van der Waals surface area contributed by atoms with Gasteiger partial charge in [0.15, 0.2) is 0 Å². The van der Waals surface area contributed by atoms with Crippen molar-refractivity contribution in [2.45, 2.75) is 31.8 Å². The molecular weight excluding hydrogens is 364 g/mol. The number of carbonyl (C=O) groups excluding carboxylic acids is 2. The number of carbonyl (C=O) groups is 2. The number of amides is 1. The molecular formula is C21H21ClN2O3. The van der Waals surface area contributed by atoms with Crippen molar-refractivity contribution in [3.8, 4) is 0 Å². The molecule has 1 N–H and O–H groups in total. The van der Waals surface area contributed by atoms with Gasteiger partial charge in [0, 0.05) is 11.1 Å².